The van der Waals surface area contributed by atoms with Crippen LogP contribution >= 0.6 is 11.6 Å². The van der Waals surface area contributed by atoms with E-state index >= 15 is 0 Å². The highest BCUT2D eigenvalue weighted by atomic mass is 35.5. The summed E-state index contributed by atoms with van der Waals surface area (Å²) >= 11 is 5.74. The highest BCUT2D eigenvalue weighted by molar-refractivity contribution is 7.92. The monoisotopic (exact) mass is 307 g/mol. The van der Waals surface area contributed by atoms with Gasteiger partial charge in [0, 0.05) is 5.02 Å². The van der Waals surface area contributed by atoms with Gasteiger partial charge in [-0.2, -0.15) is 5.26 Å². The molecule has 2 aromatic rings. The Hall–Kier alpha value is -2.23. The van der Waals surface area contributed by atoms with E-state index < -0.39 is 10.0 Å². The maximum atomic E-state index is 12.3. The summed E-state index contributed by atoms with van der Waals surface area (Å²) in [6.45, 7) is 0. The maximum absolute atomic E-state index is 12.3. The van der Waals surface area contributed by atoms with E-state index in [1.54, 1.807) is 12.1 Å². The number of rotatable bonds is 3. The van der Waals surface area contributed by atoms with Crippen molar-refractivity contribution in [1.82, 2.24) is 0 Å². The van der Waals surface area contributed by atoms with Crippen LogP contribution in [0, 0.1) is 11.3 Å². The molecule has 20 heavy (non-hydrogen) atoms. The number of nitrogens with one attached hydrogen (secondary N) is 1. The summed E-state index contributed by atoms with van der Waals surface area (Å²) in [5.74, 6) is 0. The highest BCUT2D eigenvalue weighted by Gasteiger charge is 2.18. The minimum absolute atomic E-state index is 0.0411. The predicted molar refractivity (Wildman–Crippen MR) is 77.8 cm³/mol. The molecule has 0 saturated carbocycles. The van der Waals surface area contributed by atoms with E-state index in [2.05, 4.69) is 4.72 Å². The fraction of sp³-hybridized carbons (Fsp3) is 0. The van der Waals surface area contributed by atoms with Gasteiger partial charge >= 0.3 is 0 Å². The van der Waals surface area contributed by atoms with Gasteiger partial charge in [0.1, 0.15) is 11.0 Å². The number of hydrogen-bond donors (Lipinski definition) is 2. The minimum atomic E-state index is -3.88. The Balaban J connectivity index is 2.44. The summed E-state index contributed by atoms with van der Waals surface area (Å²) in [6.07, 6.45) is 0. The molecule has 0 unspecified atom stereocenters. The smallest absolute Gasteiger partial charge is 0.263 e. The molecule has 0 heterocycles. The van der Waals surface area contributed by atoms with Crippen LogP contribution in [0.4, 0.5) is 11.4 Å². The molecule has 7 heteroatoms. The van der Waals surface area contributed by atoms with Crippen molar-refractivity contribution in [1.29, 1.82) is 5.26 Å². The number of benzene rings is 2. The van der Waals surface area contributed by atoms with Crippen molar-refractivity contribution in [2.24, 2.45) is 0 Å². The van der Waals surface area contributed by atoms with Crippen molar-refractivity contribution in [3.05, 3.63) is 53.1 Å². The maximum Gasteiger partial charge on any atom is 0.263 e. The second kappa shape index (κ2) is 5.41. The number of nitriles is 1. The Morgan fingerprint density at radius 1 is 1.20 bits per heavy atom. The Labute approximate surface area is 121 Å². The number of anilines is 2. The number of nitrogens with zero attached hydrogens (tertiary/aromatic N) is 1. The molecule has 0 aliphatic carbocycles. The number of nitrogens with two attached hydrogens (primary N) is 1. The second-order valence-electron chi connectivity index (χ2n) is 3.95. The summed E-state index contributed by atoms with van der Waals surface area (Å²) in [5, 5.41) is 9.30. The van der Waals surface area contributed by atoms with Crippen LogP contribution in [-0.2, 0) is 10.0 Å². The quantitative estimate of drug-likeness (QED) is 0.852. The Morgan fingerprint density at radius 2 is 1.90 bits per heavy atom. The molecule has 0 bridgehead atoms. The van der Waals surface area contributed by atoms with E-state index in [9.17, 15) is 8.42 Å². The van der Waals surface area contributed by atoms with Gasteiger partial charge in [0.25, 0.3) is 10.0 Å². The van der Waals surface area contributed by atoms with Gasteiger partial charge < -0.3 is 5.73 Å². The van der Waals surface area contributed by atoms with Crippen molar-refractivity contribution >= 4 is 33.0 Å². The molecule has 0 radical (unpaired) electrons. The summed E-state index contributed by atoms with van der Waals surface area (Å²) in [5.41, 5.74) is 6.13. The molecule has 0 aliphatic rings. The van der Waals surface area contributed by atoms with Crippen LogP contribution in [0.25, 0.3) is 0 Å². The first-order valence-electron chi connectivity index (χ1n) is 5.51. The van der Waals surface area contributed by atoms with Crippen molar-refractivity contribution < 1.29 is 8.42 Å². The van der Waals surface area contributed by atoms with Gasteiger partial charge in [-0.3, -0.25) is 4.72 Å². The van der Waals surface area contributed by atoms with Crippen LogP contribution in [0.3, 0.4) is 0 Å². The molecular weight excluding hydrogens is 298 g/mol. The number of para-hydroxylation sites is 1. The molecular formula is C13H10ClN3O2S. The molecule has 5 nitrogen and oxygen atoms in total. The Morgan fingerprint density at radius 3 is 2.55 bits per heavy atom. The summed E-state index contributed by atoms with van der Waals surface area (Å²) in [4.78, 5) is -0.0883. The fourth-order valence-electron chi connectivity index (χ4n) is 1.63. The zero-order valence-corrected chi connectivity index (χ0v) is 11.7. The van der Waals surface area contributed by atoms with Gasteiger partial charge in [-0.15, -0.1) is 0 Å². The van der Waals surface area contributed by atoms with Gasteiger partial charge in [-0.25, -0.2) is 8.42 Å². The highest BCUT2D eigenvalue weighted by Crippen LogP contribution is 2.25. The van der Waals surface area contributed by atoms with E-state index in [1.807, 2.05) is 6.07 Å². The average molecular weight is 308 g/mol. The van der Waals surface area contributed by atoms with Gasteiger partial charge in [0.2, 0.25) is 0 Å². The zero-order chi connectivity index (χ0) is 14.8. The number of halogens is 1. The third-order valence-corrected chi connectivity index (χ3v) is 4.23. The van der Waals surface area contributed by atoms with Crippen LogP contribution in [0.15, 0.2) is 47.4 Å². The number of nitrogen functional groups attached to an aromatic ring is 1. The van der Waals surface area contributed by atoms with Gasteiger partial charge in [0.15, 0.2) is 0 Å². The molecule has 0 atom stereocenters. The third-order valence-electron chi connectivity index (χ3n) is 2.55. The summed E-state index contributed by atoms with van der Waals surface area (Å²) in [7, 11) is -3.88. The van der Waals surface area contributed by atoms with Gasteiger partial charge in [-0.05, 0) is 30.3 Å². The molecule has 0 aliphatic heterocycles. The molecule has 102 valence electrons. The van der Waals surface area contributed by atoms with E-state index in [0.29, 0.717) is 5.02 Å². The zero-order valence-electron chi connectivity index (χ0n) is 10.2. The lowest BCUT2D eigenvalue weighted by Crippen LogP contribution is -2.15. The molecule has 3 N–H and O–H groups in total. The van der Waals surface area contributed by atoms with Gasteiger partial charge in [-0.1, -0.05) is 23.7 Å². The first-order valence-corrected chi connectivity index (χ1v) is 7.37. The van der Waals surface area contributed by atoms with Gasteiger partial charge in [0.05, 0.1) is 16.9 Å². The van der Waals surface area contributed by atoms with Crippen LogP contribution in [-0.4, -0.2) is 8.42 Å². The summed E-state index contributed by atoms with van der Waals surface area (Å²) in [6, 6.07) is 12.3. The Bertz CT molecular complexity index is 798. The molecule has 2 aromatic carbocycles. The lowest BCUT2D eigenvalue weighted by Gasteiger charge is -2.11. The van der Waals surface area contributed by atoms with Crippen LogP contribution in [0.2, 0.25) is 5.02 Å². The van der Waals surface area contributed by atoms with Crippen molar-refractivity contribution in [3.8, 4) is 6.07 Å². The lowest BCUT2D eigenvalue weighted by atomic mass is 10.2. The largest absolute Gasteiger partial charge is 0.398 e. The van der Waals surface area contributed by atoms with Crippen molar-refractivity contribution in [2.45, 2.75) is 4.90 Å². The normalized spacial score (nSPS) is 10.8. The molecule has 0 aromatic heterocycles. The lowest BCUT2D eigenvalue weighted by molar-refractivity contribution is 0.601. The van der Waals surface area contributed by atoms with Crippen molar-refractivity contribution in [3.63, 3.8) is 0 Å². The molecule has 0 fully saturated rings. The first kappa shape index (κ1) is 14.2. The van der Waals surface area contributed by atoms with E-state index in [-0.39, 0.29) is 21.8 Å². The molecule has 0 saturated heterocycles. The van der Waals surface area contributed by atoms with Crippen LogP contribution < -0.4 is 10.5 Å². The summed E-state index contributed by atoms with van der Waals surface area (Å²) < 4.78 is 26.9. The standard InChI is InChI=1S/C13H10ClN3O2S/c14-10-5-6-13(11(16)7-10)20(18,19)17-12-4-2-1-3-9(12)8-15/h1-7,17H,16H2. The first-order chi connectivity index (χ1) is 9.44. The molecule has 0 spiro atoms. The predicted octanol–water partition coefficient (Wildman–Crippen LogP) is 2.59. The van der Waals surface area contributed by atoms with Crippen molar-refractivity contribution in [2.75, 3.05) is 10.5 Å². The topological polar surface area (TPSA) is 96.0 Å². The van der Waals surface area contributed by atoms with Crippen LogP contribution in [0.5, 0.6) is 0 Å². The number of hydrogen-bond acceptors (Lipinski definition) is 4. The van der Waals surface area contributed by atoms with E-state index in [1.165, 1.54) is 30.3 Å². The van der Waals surface area contributed by atoms with E-state index in [0.717, 1.165) is 0 Å². The minimum Gasteiger partial charge on any atom is -0.398 e. The third kappa shape index (κ3) is 2.85. The molecule has 0 amide bonds. The van der Waals surface area contributed by atoms with Crippen LogP contribution in [0.1, 0.15) is 5.56 Å². The fourth-order valence-corrected chi connectivity index (χ4v) is 3.01. The Kier molecular flexibility index (Phi) is 3.84. The number of sulfonamides is 1. The second-order valence-corrected chi connectivity index (χ2v) is 6.03. The SMILES string of the molecule is N#Cc1ccccc1NS(=O)(=O)c1ccc(Cl)cc1N. The average Bonchev–Trinajstić information content (AvgIpc) is 2.38. The van der Waals surface area contributed by atoms with E-state index in [4.69, 9.17) is 22.6 Å². The molecule has 2 rings (SSSR count).